The SMILES string of the molecule is COc1cc(NC(=O)CN2C(=O)[C@H]3CC[C@H]3C2=O)cc(OC)c1. The van der Waals surface area contributed by atoms with Crippen LogP contribution in [0.25, 0.3) is 0 Å². The molecule has 3 amide bonds. The zero-order chi connectivity index (χ0) is 16.6. The molecule has 122 valence electrons. The van der Waals surface area contributed by atoms with Crippen molar-refractivity contribution in [3.8, 4) is 11.5 Å². The van der Waals surface area contributed by atoms with Gasteiger partial charge >= 0.3 is 0 Å². The average Bonchev–Trinajstić information content (AvgIpc) is 2.64. The summed E-state index contributed by atoms with van der Waals surface area (Å²) in [5.41, 5.74) is 0.480. The van der Waals surface area contributed by atoms with Gasteiger partial charge < -0.3 is 14.8 Å². The molecule has 1 N–H and O–H groups in total. The van der Waals surface area contributed by atoms with Crippen LogP contribution < -0.4 is 14.8 Å². The highest BCUT2D eigenvalue weighted by molar-refractivity contribution is 6.09. The van der Waals surface area contributed by atoms with Gasteiger partial charge in [-0.2, -0.15) is 0 Å². The van der Waals surface area contributed by atoms with E-state index in [0.717, 1.165) is 17.7 Å². The molecule has 2 fully saturated rings. The molecule has 2 aliphatic rings. The van der Waals surface area contributed by atoms with Crippen molar-refractivity contribution in [2.45, 2.75) is 12.8 Å². The number of fused-ring (bicyclic) bond motifs is 1. The lowest BCUT2D eigenvalue weighted by molar-refractivity contribution is -0.142. The van der Waals surface area contributed by atoms with Crippen molar-refractivity contribution in [2.75, 3.05) is 26.1 Å². The molecule has 2 atom stereocenters. The maximum absolute atomic E-state index is 12.2. The van der Waals surface area contributed by atoms with Gasteiger partial charge in [-0.3, -0.25) is 19.3 Å². The Balaban J connectivity index is 1.68. The molecular weight excluding hydrogens is 300 g/mol. The van der Waals surface area contributed by atoms with E-state index in [0.29, 0.717) is 17.2 Å². The highest BCUT2D eigenvalue weighted by Crippen LogP contribution is 2.42. The van der Waals surface area contributed by atoms with E-state index in [-0.39, 0.29) is 30.2 Å². The van der Waals surface area contributed by atoms with Crippen LogP contribution in [0, 0.1) is 11.8 Å². The molecule has 1 saturated carbocycles. The van der Waals surface area contributed by atoms with Gasteiger partial charge in [-0.25, -0.2) is 0 Å². The minimum Gasteiger partial charge on any atom is -0.497 e. The smallest absolute Gasteiger partial charge is 0.244 e. The second-order valence-corrected chi connectivity index (χ2v) is 5.70. The first-order valence-electron chi connectivity index (χ1n) is 7.41. The lowest BCUT2D eigenvalue weighted by Gasteiger charge is -2.24. The van der Waals surface area contributed by atoms with Gasteiger partial charge in [-0.1, -0.05) is 0 Å². The van der Waals surface area contributed by atoms with Crippen LogP contribution in [0.5, 0.6) is 11.5 Å². The molecule has 0 spiro atoms. The fraction of sp³-hybridized carbons (Fsp3) is 0.438. The second kappa shape index (κ2) is 5.91. The Kier molecular flexibility index (Phi) is 3.94. The average molecular weight is 318 g/mol. The van der Waals surface area contributed by atoms with E-state index >= 15 is 0 Å². The molecule has 23 heavy (non-hydrogen) atoms. The van der Waals surface area contributed by atoms with E-state index in [1.165, 1.54) is 14.2 Å². The third-order valence-corrected chi connectivity index (χ3v) is 4.38. The van der Waals surface area contributed by atoms with Gasteiger partial charge in [-0.15, -0.1) is 0 Å². The van der Waals surface area contributed by atoms with Crippen LogP contribution in [-0.4, -0.2) is 43.4 Å². The lowest BCUT2D eigenvalue weighted by Crippen LogP contribution is -2.37. The molecule has 1 aromatic rings. The summed E-state index contributed by atoms with van der Waals surface area (Å²) in [6.45, 7) is -0.260. The molecule has 7 nitrogen and oxygen atoms in total. The molecule has 0 bridgehead atoms. The predicted molar refractivity (Wildman–Crippen MR) is 81.1 cm³/mol. The molecule has 0 radical (unpaired) electrons. The molecule has 1 aliphatic carbocycles. The predicted octanol–water partition coefficient (Wildman–Crippen LogP) is 1.04. The Morgan fingerprint density at radius 3 is 2.04 bits per heavy atom. The van der Waals surface area contributed by atoms with Crippen LogP contribution >= 0.6 is 0 Å². The summed E-state index contributed by atoms with van der Waals surface area (Å²) in [5, 5.41) is 2.66. The van der Waals surface area contributed by atoms with Gasteiger partial charge in [0.25, 0.3) is 0 Å². The van der Waals surface area contributed by atoms with Crippen molar-refractivity contribution in [3.63, 3.8) is 0 Å². The summed E-state index contributed by atoms with van der Waals surface area (Å²) in [5.74, 6) is -0.256. The van der Waals surface area contributed by atoms with Crippen molar-refractivity contribution in [2.24, 2.45) is 11.8 Å². The highest BCUT2D eigenvalue weighted by atomic mass is 16.5. The van der Waals surface area contributed by atoms with Crippen molar-refractivity contribution in [3.05, 3.63) is 18.2 Å². The van der Waals surface area contributed by atoms with E-state index in [1.807, 2.05) is 0 Å². The number of hydrogen-bond acceptors (Lipinski definition) is 5. The number of anilines is 1. The number of nitrogens with one attached hydrogen (secondary N) is 1. The normalized spacial score (nSPS) is 22.4. The number of rotatable bonds is 5. The van der Waals surface area contributed by atoms with E-state index in [2.05, 4.69) is 5.32 Å². The Labute approximate surface area is 133 Å². The number of methoxy groups -OCH3 is 2. The molecule has 7 heteroatoms. The number of ether oxygens (including phenoxy) is 2. The summed E-state index contributed by atoms with van der Waals surface area (Å²) < 4.78 is 10.3. The Morgan fingerprint density at radius 2 is 1.61 bits per heavy atom. The standard InChI is InChI=1S/C16H18N2O5/c1-22-10-5-9(6-11(7-10)23-2)17-14(19)8-18-15(20)12-3-4-13(12)16(18)21/h5-7,12-13H,3-4,8H2,1-2H3,(H,17,19)/t12-,13+. The number of amides is 3. The third-order valence-electron chi connectivity index (χ3n) is 4.38. The Hall–Kier alpha value is -2.57. The van der Waals surface area contributed by atoms with E-state index in [4.69, 9.17) is 9.47 Å². The van der Waals surface area contributed by atoms with Crippen LogP contribution in [0.2, 0.25) is 0 Å². The molecule has 1 aromatic carbocycles. The fourth-order valence-corrected chi connectivity index (χ4v) is 2.98. The first kappa shape index (κ1) is 15.3. The van der Waals surface area contributed by atoms with Crippen molar-refractivity contribution < 1.29 is 23.9 Å². The highest BCUT2D eigenvalue weighted by Gasteiger charge is 2.52. The van der Waals surface area contributed by atoms with Gasteiger partial charge in [0.1, 0.15) is 18.0 Å². The third kappa shape index (κ3) is 2.74. The molecular formula is C16H18N2O5. The molecule has 0 unspecified atom stereocenters. The summed E-state index contributed by atoms with van der Waals surface area (Å²) >= 11 is 0. The number of carbonyl (C=O) groups is 3. The number of imide groups is 1. The number of carbonyl (C=O) groups excluding carboxylic acids is 3. The monoisotopic (exact) mass is 318 g/mol. The van der Waals surface area contributed by atoms with Crippen LogP contribution in [0.4, 0.5) is 5.69 Å². The number of benzene rings is 1. The van der Waals surface area contributed by atoms with E-state index < -0.39 is 5.91 Å². The fourth-order valence-electron chi connectivity index (χ4n) is 2.98. The van der Waals surface area contributed by atoms with Crippen molar-refractivity contribution >= 4 is 23.4 Å². The van der Waals surface area contributed by atoms with Crippen molar-refractivity contribution in [1.29, 1.82) is 0 Å². The van der Waals surface area contributed by atoms with E-state index in [9.17, 15) is 14.4 Å². The van der Waals surface area contributed by atoms with Crippen molar-refractivity contribution in [1.82, 2.24) is 4.90 Å². The van der Waals surface area contributed by atoms with Crippen LogP contribution in [0.15, 0.2) is 18.2 Å². The maximum Gasteiger partial charge on any atom is 0.244 e. The quantitative estimate of drug-likeness (QED) is 0.820. The zero-order valence-corrected chi connectivity index (χ0v) is 13.0. The molecule has 1 heterocycles. The van der Waals surface area contributed by atoms with Crippen LogP contribution in [-0.2, 0) is 14.4 Å². The molecule has 1 aliphatic heterocycles. The van der Waals surface area contributed by atoms with Crippen LogP contribution in [0.1, 0.15) is 12.8 Å². The first-order chi connectivity index (χ1) is 11.0. The Bertz CT molecular complexity index is 628. The maximum atomic E-state index is 12.2. The largest absolute Gasteiger partial charge is 0.497 e. The van der Waals surface area contributed by atoms with Gasteiger partial charge in [0.15, 0.2) is 0 Å². The summed E-state index contributed by atoms with van der Waals surface area (Å²) in [6, 6.07) is 4.95. The summed E-state index contributed by atoms with van der Waals surface area (Å²) in [6.07, 6.45) is 1.47. The van der Waals surface area contributed by atoms with Gasteiger partial charge in [0.05, 0.1) is 26.1 Å². The summed E-state index contributed by atoms with van der Waals surface area (Å²) in [7, 11) is 3.02. The van der Waals surface area contributed by atoms with Crippen LogP contribution in [0.3, 0.4) is 0 Å². The van der Waals surface area contributed by atoms with Gasteiger partial charge in [0.2, 0.25) is 17.7 Å². The topological polar surface area (TPSA) is 84.9 Å². The molecule has 0 aromatic heterocycles. The first-order valence-corrected chi connectivity index (χ1v) is 7.41. The van der Waals surface area contributed by atoms with Gasteiger partial charge in [-0.05, 0) is 12.8 Å². The van der Waals surface area contributed by atoms with Gasteiger partial charge in [0, 0.05) is 23.9 Å². The number of nitrogens with zero attached hydrogens (tertiary/aromatic N) is 1. The minimum atomic E-state index is -0.427. The zero-order valence-electron chi connectivity index (χ0n) is 13.0. The van der Waals surface area contributed by atoms with E-state index in [1.54, 1.807) is 18.2 Å². The molecule has 3 rings (SSSR count). The number of likely N-dealkylation sites (tertiary alicyclic amines) is 1. The molecule has 1 saturated heterocycles. The number of hydrogen-bond donors (Lipinski definition) is 1. The Morgan fingerprint density at radius 1 is 1.09 bits per heavy atom. The lowest BCUT2D eigenvalue weighted by atomic mass is 9.76. The second-order valence-electron chi connectivity index (χ2n) is 5.70. The minimum absolute atomic E-state index is 0.216. The summed E-state index contributed by atoms with van der Waals surface area (Å²) in [4.78, 5) is 37.3.